The first-order valence-electron chi connectivity index (χ1n) is 8.44. The van der Waals surface area contributed by atoms with E-state index in [0.29, 0.717) is 13.4 Å². The van der Waals surface area contributed by atoms with Gasteiger partial charge in [-0.25, -0.2) is 0 Å². The molecule has 24 heavy (non-hydrogen) atoms. The van der Waals surface area contributed by atoms with Crippen molar-refractivity contribution in [3.8, 4) is 5.75 Å². The summed E-state index contributed by atoms with van der Waals surface area (Å²) in [5, 5.41) is 0. The molecule has 2 aromatic rings. The lowest BCUT2D eigenvalue weighted by atomic mass is 10.1. The summed E-state index contributed by atoms with van der Waals surface area (Å²) in [6.45, 7) is 5.93. The Morgan fingerprint density at radius 3 is 2.58 bits per heavy atom. The van der Waals surface area contributed by atoms with Gasteiger partial charge in [0, 0.05) is 55.2 Å². The van der Waals surface area contributed by atoms with E-state index in [1.807, 2.05) is 12.1 Å². The van der Waals surface area contributed by atoms with Crippen LogP contribution in [0.2, 0.25) is 0 Å². The summed E-state index contributed by atoms with van der Waals surface area (Å²) in [5.74, 6) is 0.959. The van der Waals surface area contributed by atoms with Gasteiger partial charge < -0.3 is 20.1 Å². The van der Waals surface area contributed by atoms with Gasteiger partial charge in [-0.3, -0.25) is 4.90 Å². The fraction of sp³-hybridized carbons (Fsp3) is 0.368. The monoisotopic (exact) mass is 325 g/mol. The van der Waals surface area contributed by atoms with Gasteiger partial charge in [-0.2, -0.15) is 0 Å². The van der Waals surface area contributed by atoms with Crippen molar-refractivity contribution in [2.24, 2.45) is 0 Å². The van der Waals surface area contributed by atoms with Crippen LogP contribution in [-0.2, 0) is 17.9 Å². The van der Waals surface area contributed by atoms with Gasteiger partial charge in [0.1, 0.15) is 5.75 Å². The highest BCUT2D eigenvalue weighted by molar-refractivity contribution is 5.53. The fourth-order valence-electron chi connectivity index (χ4n) is 3.49. The van der Waals surface area contributed by atoms with Crippen LogP contribution in [-0.4, -0.2) is 37.9 Å². The van der Waals surface area contributed by atoms with E-state index in [2.05, 4.69) is 40.1 Å². The van der Waals surface area contributed by atoms with E-state index >= 15 is 0 Å². The Morgan fingerprint density at radius 2 is 1.79 bits per heavy atom. The van der Waals surface area contributed by atoms with Crippen LogP contribution in [0, 0.1) is 0 Å². The normalized spacial score (nSPS) is 18.1. The van der Waals surface area contributed by atoms with E-state index in [0.717, 1.165) is 49.7 Å². The third-order valence-electron chi connectivity index (χ3n) is 4.70. The molecule has 0 atom stereocenters. The zero-order valence-electron chi connectivity index (χ0n) is 13.8. The summed E-state index contributed by atoms with van der Waals surface area (Å²) in [5.41, 5.74) is 10.4. The second kappa shape index (κ2) is 6.71. The Kier molecular flexibility index (Phi) is 4.28. The highest BCUT2D eigenvalue weighted by Gasteiger charge is 2.21. The number of nitrogen functional groups attached to an aromatic ring is 1. The number of piperazine rings is 1. The van der Waals surface area contributed by atoms with Crippen molar-refractivity contribution < 1.29 is 9.47 Å². The van der Waals surface area contributed by atoms with Crippen molar-refractivity contribution in [2.45, 2.75) is 13.2 Å². The molecule has 0 bridgehead atoms. The molecule has 0 amide bonds. The topological polar surface area (TPSA) is 51.0 Å². The number of nitrogens with zero attached hydrogens (tertiary/aromatic N) is 2. The molecule has 2 aliphatic rings. The average Bonchev–Trinajstić information content (AvgIpc) is 2.63. The van der Waals surface area contributed by atoms with Gasteiger partial charge in [-0.1, -0.05) is 18.2 Å². The van der Waals surface area contributed by atoms with Crippen molar-refractivity contribution in [2.75, 3.05) is 43.6 Å². The minimum absolute atomic E-state index is 0.325. The highest BCUT2D eigenvalue weighted by atomic mass is 16.7. The molecule has 5 heteroatoms. The van der Waals surface area contributed by atoms with Crippen molar-refractivity contribution in [1.29, 1.82) is 0 Å². The summed E-state index contributed by atoms with van der Waals surface area (Å²) in [4.78, 5) is 4.91. The number of benzene rings is 2. The SMILES string of the molecule is Nc1cc2c(c(CN3CCN(c4ccccc4)CC3)c1)OCOC2. The molecule has 0 aliphatic carbocycles. The van der Waals surface area contributed by atoms with E-state index in [4.69, 9.17) is 15.2 Å². The molecule has 0 aromatic heterocycles. The molecule has 2 aromatic carbocycles. The first kappa shape index (κ1) is 15.3. The molecular weight excluding hydrogens is 302 g/mol. The Hall–Kier alpha value is -2.24. The predicted molar refractivity (Wildman–Crippen MR) is 95.1 cm³/mol. The molecule has 0 spiro atoms. The maximum Gasteiger partial charge on any atom is 0.189 e. The number of para-hydroxylation sites is 1. The predicted octanol–water partition coefficient (Wildman–Crippen LogP) is 2.46. The molecule has 2 heterocycles. The number of ether oxygens (including phenoxy) is 2. The second-order valence-electron chi connectivity index (χ2n) is 6.38. The summed E-state index contributed by atoms with van der Waals surface area (Å²) in [6.07, 6.45) is 0. The van der Waals surface area contributed by atoms with E-state index in [1.165, 1.54) is 11.3 Å². The molecule has 0 unspecified atom stereocenters. The third kappa shape index (κ3) is 3.18. The number of fused-ring (bicyclic) bond motifs is 1. The lowest BCUT2D eigenvalue weighted by Crippen LogP contribution is -2.46. The van der Waals surface area contributed by atoms with E-state index < -0.39 is 0 Å². The molecule has 1 fully saturated rings. The van der Waals surface area contributed by atoms with Crippen LogP contribution >= 0.6 is 0 Å². The fourth-order valence-corrected chi connectivity index (χ4v) is 3.49. The van der Waals surface area contributed by atoms with Crippen LogP contribution in [0.25, 0.3) is 0 Å². The highest BCUT2D eigenvalue weighted by Crippen LogP contribution is 2.32. The van der Waals surface area contributed by atoms with Crippen molar-refractivity contribution >= 4 is 11.4 Å². The summed E-state index contributed by atoms with van der Waals surface area (Å²) in [7, 11) is 0. The van der Waals surface area contributed by atoms with Gasteiger partial charge in [0.2, 0.25) is 0 Å². The molecule has 0 saturated carbocycles. The average molecular weight is 325 g/mol. The molecule has 0 radical (unpaired) electrons. The molecule has 5 nitrogen and oxygen atoms in total. The van der Waals surface area contributed by atoms with Gasteiger partial charge in [0.15, 0.2) is 6.79 Å². The number of hydrogen-bond acceptors (Lipinski definition) is 5. The van der Waals surface area contributed by atoms with Gasteiger partial charge in [0.05, 0.1) is 6.61 Å². The van der Waals surface area contributed by atoms with Crippen molar-refractivity contribution in [3.63, 3.8) is 0 Å². The van der Waals surface area contributed by atoms with Gasteiger partial charge in [-0.15, -0.1) is 0 Å². The quantitative estimate of drug-likeness (QED) is 0.879. The van der Waals surface area contributed by atoms with E-state index in [-0.39, 0.29) is 0 Å². The Balaban J connectivity index is 1.43. The van der Waals surface area contributed by atoms with Crippen LogP contribution < -0.4 is 15.4 Å². The minimum atomic E-state index is 0.325. The first-order valence-corrected chi connectivity index (χ1v) is 8.44. The zero-order valence-corrected chi connectivity index (χ0v) is 13.8. The number of nitrogens with two attached hydrogens (primary N) is 1. The molecule has 1 saturated heterocycles. The van der Waals surface area contributed by atoms with Gasteiger partial charge in [0.25, 0.3) is 0 Å². The first-order chi connectivity index (χ1) is 11.8. The van der Waals surface area contributed by atoms with Gasteiger partial charge >= 0.3 is 0 Å². The standard InChI is InChI=1S/C19H23N3O2/c20-17-10-15(19-16(11-17)13-23-14-24-19)12-21-6-8-22(9-7-21)18-4-2-1-3-5-18/h1-5,10-11H,6-9,12-14,20H2. The lowest BCUT2D eigenvalue weighted by Gasteiger charge is -2.36. The second-order valence-corrected chi connectivity index (χ2v) is 6.38. The largest absolute Gasteiger partial charge is 0.467 e. The Labute approximate surface area is 142 Å². The molecule has 126 valence electrons. The minimum Gasteiger partial charge on any atom is -0.467 e. The summed E-state index contributed by atoms with van der Waals surface area (Å²) < 4.78 is 11.1. The maximum absolute atomic E-state index is 6.05. The summed E-state index contributed by atoms with van der Waals surface area (Å²) >= 11 is 0. The molecule has 2 aliphatic heterocycles. The molecule has 2 N–H and O–H groups in total. The van der Waals surface area contributed by atoms with Crippen molar-refractivity contribution in [3.05, 3.63) is 53.6 Å². The Morgan fingerprint density at radius 1 is 1.00 bits per heavy atom. The van der Waals surface area contributed by atoms with Crippen molar-refractivity contribution in [1.82, 2.24) is 4.90 Å². The number of anilines is 2. The molecule has 4 rings (SSSR count). The van der Waals surface area contributed by atoms with E-state index in [1.54, 1.807) is 0 Å². The summed E-state index contributed by atoms with van der Waals surface area (Å²) in [6, 6.07) is 14.6. The third-order valence-corrected chi connectivity index (χ3v) is 4.70. The van der Waals surface area contributed by atoms with E-state index in [9.17, 15) is 0 Å². The molecular formula is C19H23N3O2. The van der Waals surface area contributed by atoms with Crippen LogP contribution in [0.3, 0.4) is 0 Å². The number of rotatable bonds is 3. The van der Waals surface area contributed by atoms with Crippen LogP contribution in [0.5, 0.6) is 5.75 Å². The number of hydrogen-bond donors (Lipinski definition) is 1. The zero-order chi connectivity index (χ0) is 16.4. The Bertz CT molecular complexity index is 697. The van der Waals surface area contributed by atoms with Crippen LogP contribution in [0.4, 0.5) is 11.4 Å². The van der Waals surface area contributed by atoms with Crippen LogP contribution in [0.1, 0.15) is 11.1 Å². The lowest BCUT2D eigenvalue weighted by molar-refractivity contribution is -0.0174. The smallest absolute Gasteiger partial charge is 0.189 e. The van der Waals surface area contributed by atoms with Crippen LogP contribution in [0.15, 0.2) is 42.5 Å². The maximum atomic E-state index is 6.05. The van der Waals surface area contributed by atoms with Gasteiger partial charge in [-0.05, 0) is 24.3 Å².